The van der Waals surface area contributed by atoms with Gasteiger partial charge in [-0.25, -0.2) is 0 Å². The third-order valence-corrected chi connectivity index (χ3v) is 4.79. The maximum absolute atomic E-state index is 12.7. The number of benzene rings is 1. The summed E-state index contributed by atoms with van der Waals surface area (Å²) in [5, 5.41) is 14.0. The zero-order valence-electron chi connectivity index (χ0n) is 15.1. The van der Waals surface area contributed by atoms with E-state index in [9.17, 15) is 24.0 Å². The van der Waals surface area contributed by atoms with Gasteiger partial charge in [0.25, 0.3) is 0 Å². The Kier molecular flexibility index (Phi) is 5.67. The Hall–Kier alpha value is -3.29. The van der Waals surface area contributed by atoms with Gasteiger partial charge in [-0.2, -0.15) is 0 Å². The van der Waals surface area contributed by atoms with Gasteiger partial charge in [0.15, 0.2) is 11.6 Å². The number of allylic oxidation sites excluding steroid dienone is 1. The molecule has 0 bridgehead atoms. The molecule has 3 rings (SSSR count). The first-order valence-electron chi connectivity index (χ1n) is 9.11. The third kappa shape index (κ3) is 4.16. The molecule has 1 aromatic carbocycles. The molecule has 2 amide bonds. The van der Waals surface area contributed by atoms with Crippen molar-refractivity contribution in [2.45, 2.75) is 32.1 Å². The molecule has 146 valence electrons. The highest BCUT2D eigenvalue weighted by molar-refractivity contribution is 6.39. The van der Waals surface area contributed by atoms with E-state index in [2.05, 4.69) is 10.6 Å². The summed E-state index contributed by atoms with van der Waals surface area (Å²) in [5.41, 5.74) is 1.19. The second-order valence-electron chi connectivity index (χ2n) is 6.83. The number of rotatable bonds is 7. The molecule has 1 aliphatic heterocycles. The number of carboxylic acid groups (broad SMARTS) is 1. The van der Waals surface area contributed by atoms with E-state index in [1.807, 2.05) is 0 Å². The van der Waals surface area contributed by atoms with Gasteiger partial charge < -0.3 is 10.4 Å². The number of nitrogens with one attached hydrogen (secondary N) is 2. The molecule has 2 aliphatic rings. The van der Waals surface area contributed by atoms with Crippen LogP contribution in [0.2, 0.25) is 0 Å². The molecule has 0 aromatic heterocycles. The SMILES string of the molecule is O=C(O)CCCCNc1ccc2c(c1)C(=O)/C(=C\C1CCC(=O)NC1=O)C2=O. The van der Waals surface area contributed by atoms with E-state index >= 15 is 0 Å². The third-order valence-electron chi connectivity index (χ3n) is 4.79. The number of piperidine rings is 1. The number of carbonyl (C=O) groups excluding carboxylic acids is 4. The summed E-state index contributed by atoms with van der Waals surface area (Å²) in [5.74, 6) is -3.22. The number of hydrogen-bond acceptors (Lipinski definition) is 6. The average Bonchev–Trinajstić information content (AvgIpc) is 2.88. The second kappa shape index (κ2) is 8.16. The van der Waals surface area contributed by atoms with Crippen LogP contribution < -0.4 is 10.6 Å². The van der Waals surface area contributed by atoms with Crippen molar-refractivity contribution in [1.82, 2.24) is 5.32 Å². The summed E-state index contributed by atoms with van der Waals surface area (Å²) < 4.78 is 0. The predicted octanol–water partition coefficient (Wildman–Crippen LogP) is 1.71. The Balaban J connectivity index is 1.69. The highest BCUT2D eigenvalue weighted by Crippen LogP contribution is 2.30. The summed E-state index contributed by atoms with van der Waals surface area (Å²) in [6.07, 6.45) is 3.12. The van der Waals surface area contributed by atoms with Crippen LogP contribution in [-0.2, 0) is 14.4 Å². The maximum Gasteiger partial charge on any atom is 0.303 e. The highest BCUT2D eigenvalue weighted by atomic mass is 16.4. The van der Waals surface area contributed by atoms with Gasteiger partial charge in [0.1, 0.15) is 0 Å². The standard InChI is InChI=1S/C20H20N2O6/c23-16-7-4-11(20(28)22-16)9-15-18(26)13-6-5-12(10-14(13)19(15)27)21-8-2-1-3-17(24)25/h5-6,9-11,21H,1-4,7-8H2,(H,24,25)(H,22,23,28)/b15-9-. The molecule has 8 heteroatoms. The Morgan fingerprint density at radius 2 is 1.89 bits per heavy atom. The molecular weight excluding hydrogens is 364 g/mol. The van der Waals surface area contributed by atoms with Gasteiger partial charge in [0.2, 0.25) is 11.8 Å². The fourth-order valence-corrected chi connectivity index (χ4v) is 3.29. The van der Waals surface area contributed by atoms with Crippen LogP contribution in [0.1, 0.15) is 52.8 Å². The van der Waals surface area contributed by atoms with Crippen LogP contribution in [0.4, 0.5) is 5.69 Å². The monoisotopic (exact) mass is 384 g/mol. The van der Waals surface area contributed by atoms with E-state index in [4.69, 9.17) is 5.11 Å². The van der Waals surface area contributed by atoms with Gasteiger partial charge in [-0.15, -0.1) is 0 Å². The fraction of sp³-hybridized carbons (Fsp3) is 0.350. The quantitative estimate of drug-likeness (QED) is 0.282. The Morgan fingerprint density at radius 1 is 1.14 bits per heavy atom. The molecule has 8 nitrogen and oxygen atoms in total. The molecule has 1 saturated heterocycles. The number of carbonyl (C=O) groups is 5. The van der Waals surface area contributed by atoms with Crippen LogP contribution in [0.3, 0.4) is 0 Å². The smallest absolute Gasteiger partial charge is 0.303 e. The number of ketones is 2. The summed E-state index contributed by atoms with van der Waals surface area (Å²) in [4.78, 5) is 58.9. The molecule has 1 aromatic rings. The maximum atomic E-state index is 12.7. The molecular formula is C20H20N2O6. The lowest BCUT2D eigenvalue weighted by atomic mass is 9.94. The Morgan fingerprint density at radius 3 is 2.61 bits per heavy atom. The number of carboxylic acids is 1. The van der Waals surface area contributed by atoms with Gasteiger partial charge in [-0.3, -0.25) is 29.3 Å². The first kappa shape index (κ1) is 19.5. The first-order valence-corrected chi connectivity index (χ1v) is 9.11. The lowest BCUT2D eigenvalue weighted by Gasteiger charge is -2.17. The minimum absolute atomic E-state index is 0.0388. The van der Waals surface area contributed by atoms with Crippen LogP contribution in [-0.4, -0.2) is 41.0 Å². The zero-order chi connectivity index (χ0) is 20.3. The summed E-state index contributed by atoms with van der Waals surface area (Å²) >= 11 is 0. The lowest BCUT2D eigenvalue weighted by molar-refractivity contribution is -0.137. The molecule has 1 atom stereocenters. The van der Waals surface area contributed by atoms with Crippen LogP contribution in [0, 0.1) is 5.92 Å². The number of unbranched alkanes of at least 4 members (excludes halogenated alkanes) is 1. The van der Waals surface area contributed by atoms with Gasteiger partial charge >= 0.3 is 5.97 Å². The first-order chi connectivity index (χ1) is 13.4. The fourth-order valence-electron chi connectivity index (χ4n) is 3.29. The van der Waals surface area contributed by atoms with E-state index < -0.39 is 29.4 Å². The van der Waals surface area contributed by atoms with E-state index in [1.165, 1.54) is 6.08 Å². The molecule has 0 saturated carbocycles. The number of fused-ring (bicyclic) bond motifs is 1. The number of anilines is 1. The molecule has 0 radical (unpaired) electrons. The second-order valence-corrected chi connectivity index (χ2v) is 6.83. The number of imide groups is 1. The number of hydrogen-bond donors (Lipinski definition) is 3. The normalized spacial score (nSPS) is 20.3. The van der Waals surface area contributed by atoms with Crippen LogP contribution in [0.15, 0.2) is 29.8 Å². The molecule has 1 heterocycles. The molecule has 1 fully saturated rings. The molecule has 0 spiro atoms. The lowest BCUT2D eigenvalue weighted by Crippen LogP contribution is -2.40. The number of aliphatic carboxylic acids is 1. The van der Waals surface area contributed by atoms with E-state index in [0.29, 0.717) is 30.6 Å². The molecule has 28 heavy (non-hydrogen) atoms. The minimum atomic E-state index is -0.836. The van der Waals surface area contributed by atoms with Crippen molar-refractivity contribution in [3.05, 3.63) is 41.0 Å². The van der Waals surface area contributed by atoms with Gasteiger partial charge in [-0.05, 0) is 37.5 Å². The summed E-state index contributed by atoms with van der Waals surface area (Å²) in [6.45, 7) is 0.549. The Bertz CT molecular complexity index is 902. The Labute approximate surface area is 161 Å². The van der Waals surface area contributed by atoms with Crippen LogP contribution >= 0.6 is 0 Å². The van der Waals surface area contributed by atoms with E-state index in [0.717, 1.165) is 0 Å². The topological polar surface area (TPSA) is 130 Å². The zero-order valence-corrected chi connectivity index (χ0v) is 15.1. The predicted molar refractivity (Wildman–Crippen MR) is 99.0 cm³/mol. The van der Waals surface area contributed by atoms with Crippen LogP contribution in [0.25, 0.3) is 0 Å². The number of Topliss-reactive ketones (excluding diaryl/α,β-unsaturated/α-hetero) is 2. The van der Waals surface area contributed by atoms with Gasteiger partial charge in [0.05, 0.1) is 11.5 Å². The van der Waals surface area contributed by atoms with Crippen molar-refractivity contribution in [2.24, 2.45) is 5.92 Å². The average molecular weight is 384 g/mol. The van der Waals surface area contributed by atoms with Crippen molar-refractivity contribution in [1.29, 1.82) is 0 Å². The van der Waals surface area contributed by atoms with Crippen molar-refractivity contribution >= 4 is 35.0 Å². The number of amides is 2. The minimum Gasteiger partial charge on any atom is -0.481 e. The van der Waals surface area contributed by atoms with Crippen molar-refractivity contribution < 1.29 is 29.1 Å². The molecule has 1 unspecified atom stereocenters. The van der Waals surface area contributed by atoms with Crippen molar-refractivity contribution in [3.8, 4) is 0 Å². The van der Waals surface area contributed by atoms with E-state index in [-0.39, 0.29) is 36.3 Å². The largest absolute Gasteiger partial charge is 0.481 e. The van der Waals surface area contributed by atoms with Gasteiger partial charge in [-0.1, -0.05) is 6.08 Å². The van der Waals surface area contributed by atoms with Crippen molar-refractivity contribution in [2.75, 3.05) is 11.9 Å². The summed E-state index contributed by atoms with van der Waals surface area (Å²) in [7, 11) is 0. The van der Waals surface area contributed by atoms with Crippen molar-refractivity contribution in [3.63, 3.8) is 0 Å². The molecule has 3 N–H and O–H groups in total. The van der Waals surface area contributed by atoms with E-state index in [1.54, 1.807) is 18.2 Å². The summed E-state index contributed by atoms with van der Waals surface area (Å²) in [6, 6.07) is 4.86. The van der Waals surface area contributed by atoms with Crippen LogP contribution in [0.5, 0.6) is 0 Å². The van der Waals surface area contributed by atoms with Gasteiger partial charge in [0, 0.05) is 36.2 Å². The highest BCUT2D eigenvalue weighted by Gasteiger charge is 2.35. The molecule has 1 aliphatic carbocycles.